The quantitative estimate of drug-likeness (QED) is 0.698. The number of carboxylic acids is 1. The highest BCUT2D eigenvalue weighted by molar-refractivity contribution is 5.94. The number of aliphatic carboxylic acids is 1. The molecule has 0 saturated carbocycles. The van der Waals surface area contributed by atoms with E-state index in [1.165, 1.54) is 12.1 Å². The molecule has 22 heavy (non-hydrogen) atoms. The highest BCUT2D eigenvalue weighted by Crippen LogP contribution is 2.19. The maximum absolute atomic E-state index is 12.8. The Morgan fingerprint density at radius 3 is 2.50 bits per heavy atom. The minimum atomic E-state index is -1.14. The third kappa shape index (κ3) is 3.40. The van der Waals surface area contributed by atoms with Crippen molar-refractivity contribution in [3.63, 3.8) is 0 Å². The van der Waals surface area contributed by atoms with Crippen molar-refractivity contribution >= 4 is 17.8 Å². The standard InChI is InChI=1S/C14H16FN3O4/c15-9-3-1-8(2-4-9)13(20)17-10-5-11(14(21)22)18(7-10)12(19)6-16/h1-4,10-11H,5-7,16H2,(H,17,20)(H,21,22)/t10-,11+/m1/s1. The topological polar surface area (TPSA) is 113 Å². The summed E-state index contributed by atoms with van der Waals surface area (Å²) in [5.41, 5.74) is 5.52. The average Bonchev–Trinajstić information content (AvgIpc) is 2.91. The molecule has 118 valence electrons. The number of nitrogens with zero attached hydrogens (tertiary/aromatic N) is 1. The maximum atomic E-state index is 12.8. The summed E-state index contributed by atoms with van der Waals surface area (Å²) in [4.78, 5) is 36.0. The van der Waals surface area contributed by atoms with Crippen LogP contribution in [0.2, 0.25) is 0 Å². The van der Waals surface area contributed by atoms with E-state index < -0.39 is 35.7 Å². The molecular formula is C14H16FN3O4. The number of carbonyl (C=O) groups excluding carboxylic acids is 2. The van der Waals surface area contributed by atoms with E-state index >= 15 is 0 Å². The van der Waals surface area contributed by atoms with Gasteiger partial charge in [-0.25, -0.2) is 9.18 Å². The van der Waals surface area contributed by atoms with Crippen LogP contribution in [0.5, 0.6) is 0 Å². The summed E-state index contributed by atoms with van der Waals surface area (Å²) < 4.78 is 12.8. The molecule has 8 heteroatoms. The molecule has 0 unspecified atom stereocenters. The summed E-state index contributed by atoms with van der Waals surface area (Å²) in [6, 6.07) is 3.49. The molecule has 1 heterocycles. The number of carboxylic acid groups (broad SMARTS) is 1. The number of nitrogens with one attached hydrogen (secondary N) is 1. The van der Waals surface area contributed by atoms with Gasteiger partial charge in [0, 0.05) is 24.6 Å². The second kappa shape index (κ2) is 6.52. The van der Waals surface area contributed by atoms with Crippen LogP contribution in [-0.2, 0) is 9.59 Å². The van der Waals surface area contributed by atoms with E-state index in [9.17, 15) is 18.8 Å². The van der Waals surface area contributed by atoms with E-state index in [4.69, 9.17) is 10.8 Å². The molecule has 1 aliphatic rings. The van der Waals surface area contributed by atoms with Crippen LogP contribution in [0.25, 0.3) is 0 Å². The Bertz CT molecular complexity index is 590. The largest absolute Gasteiger partial charge is 0.480 e. The van der Waals surface area contributed by atoms with Crippen molar-refractivity contribution in [3.8, 4) is 0 Å². The third-order valence-corrected chi connectivity index (χ3v) is 3.52. The van der Waals surface area contributed by atoms with Gasteiger partial charge in [0.2, 0.25) is 5.91 Å². The number of hydrogen-bond acceptors (Lipinski definition) is 4. The number of benzene rings is 1. The van der Waals surface area contributed by atoms with E-state index in [-0.39, 0.29) is 25.1 Å². The Morgan fingerprint density at radius 1 is 1.32 bits per heavy atom. The maximum Gasteiger partial charge on any atom is 0.326 e. The molecular weight excluding hydrogens is 293 g/mol. The van der Waals surface area contributed by atoms with Gasteiger partial charge in [-0.15, -0.1) is 0 Å². The van der Waals surface area contributed by atoms with E-state index in [1.807, 2.05) is 0 Å². The first-order valence-electron chi connectivity index (χ1n) is 6.71. The molecule has 2 rings (SSSR count). The molecule has 1 fully saturated rings. The van der Waals surface area contributed by atoms with Crippen molar-refractivity contribution in [2.24, 2.45) is 5.73 Å². The van der Waals surface area contributed by atoms with Gasteiger partial charge < -0.3 is 21.1 Å². The van der Waals surface area contributed by atoms with Gasteiger partial charge in [0.1, 0.15) is 11.9 Å². The molecule has 0 aliphatic carbocycles. The van der Waals surface area contributed by atoms with Crippen LogP contribution in [0.3, 0.4) is 0 Å². The minimum absolute atomic E-state index is 0.0833. The van der Waals surface area contributed by atoms with Crippen molar-refractivity contribution < 1.29 is 23.9 Å². The lowest BCUT2D eigenvalue weighted by atomic mass is 10.1. The molecule has 0 spiro atoms. The number of halogens is 1. The number of rotatable bonds is 4. The number of hydrogen-bond donors (Lipinski definition) is 3. The molecule has 4 N–H and O–H groups in total. The average molecular weight is 309 g/mol. The lowest BCUT2D eigenvalue weighted by molar-refractivity contribution is -0.147. The number of likely N-dealkylation sites (tertiary alicyclic amines) is 1. The summed E-state index contributed by atoms with van der Waals surface area (Å²) in [6.45, 7) is -0.206. The third-order valence-electron chi connectivity index (χ3n) is 3.52. The zero-order valence-corrected chi connectivity index (χ0v) is 11.7. The minimum Gasteiger partial charge on any atom is -0.480 e. The molecule has 0 radical (unpaired) electrons. The van der Waals surface area contributed by atoms with Crippen molar-refractivity contribution in [1.82, 2.24) is 10.2 Å². The summed E-state index contributed by atoms with van der Waals surface area (Å²) in [6.07, 6.45) is 0.105. The molecule has 2 atom stereocenters. The summed E-state index contributed by atoms with van der Waals surface area (Å²) in [5.74, 6) is -2.52. The predicted molar refractivity (Wildman–Crippen MR) is 74.5 cm³/mol. The summed E-state index contributed by atoms with van der Waals surface area (Å²) >= 11 is 0. The van der Waals surface area contributed by atoms with E-state index in [0.29, 0.717) is 0 Å². The van der Waals surface area contributed by atoms with Crippen LogP contribution in [0.1, 0.15) is 16.8 Å². The van der Waals surface area contributed by atoms with Crippen LogP contribution in [0, 0.1) is 5.82 Å². The first kappa shape index (κ1) is 15.9. The second-order valence-electron chi connectivity index (χ2n) is 5.02. The Hall–Kier alpha value is -2.48. The van der Waals surface area contributed by atoms with Gasteiger partial charge in [0.15, 0.2) is 0 Å². The van der Waals surface area contributed by atoms with Gasteiger partial charge in [-0.2, -0.15) is 0 Å². The molecule has 2 amide bonds. The number of nitrogens with two attached hydrogens (primary N) is 1. The van der Waals surface area contributed by atoms with Crippen LogP contribution >= 0.6 is 0 Å². The lowest BCUT2D eigenvalue weighted by Crippen LogP contribution is -2.44. The lowest BCUT2D eigenvalue weighted by Gasteiger charge is -2.20. The SMILES string of the molecule is NCC(=O)N1C[C@H](NC(=O)c2ccc(F)cc2)C[C@H]1C(=O)O. The normalized spacial score (nSPS) is 20.7. The van der Waals surface area contributed by atoms with E-state index in [0.717, 1.165) is 17.0 Å². The van der Waals surface area contributed by atoms with Crippen molar-refractivity contribution in [3.05, 3.63) is 35.6 Å². The fourth-order valence-corrected chi connectivity index (χ4v) is 2.44. The first-order chi connectivity index (χ1) is 10.4. The second-order valence-corrected chi connectivity index (χ2v) is 5.02. The highest BCUT2D eigenvalue weighted by Gasteiger charge is 2.39. The Morgan fingerprint density at radius 2 is 1.95 bits per heavy atom. The summed E-state index contributed by atoms with van der Waals surface area (Å²) in [7, 11) is 0. The zero-order chi connectivity index (χ0) is 16.3. The van der Waals surface area contributed by atoms with Crippen LogP contribution in [-0.4, -0.2) is 53.0 Å². The fraction of sp³-hybridized carbons (Fsp3) is 0.357. The van der Waals surface area contributed by atoms with Gasteiger partial charge in [-0.3, -0.25) is 9.59 Å². The molecule has 1 aliphatic heterocycles. The first-order valence-corrected chi connectivity index (χ1v) is 6.71. The van der Waals surface area contributed by atoms with Gasteiger partial charge in [-0.1, -0.05) is 0 Å². The zero-order valence-electron chi connectivity index (χ0n) is 11.7. The van der Waals surface area contributed by atoms with Gasteiger partial charge >= 0.3 is 5.97 Å². The van der Waals surface area contributed by atoms with Gasteiger partial charge in [0.25, 0.3) is 5.91 Å². The van der Waals surface area contributed by atoms with Crippen molar-refractivity contribution in [2.75, 3.05) is 13.1 Å². The molecule has 1 saturated heterocycles. The van der Waals surface area contributed by atoms with Crippen molar-refractivity contribution in [2.45, 2.75) is 18.5 Å². The van der Waals surface area contributed by atoms with Crippen LogP contribution in [0.15, 0.2) is 24.3 Å². The van der Waals surface area contributed by atoms with Crippen molar-refractivity contribution in [1.29, 1.82) is 0 Å². The van der Waals surface area contributed by atoms with Gasteiger partial charge in [0.05, 0.1) is 6.54 Å². The Balaban J connectivity index is 2.04. The smallest absolute Gasteiger partial charge is 0.326 e. The van der Waals surface area contributed by atoms with E-state index in [2.05, 4.69) is 5.32 Å². The monoisotopic (exact) mass is 309 g/mol. The summed E-state index contributed by atoms with van der Waals surface area (Å²) in [5, 5.41) is 11.8. The molecule has 7 nitrogen and oxygen atoms in total. The molecule has 0 bridgehead atoms. The molecule has 1 aromatic carbocycles. The molecule has 1 aromatic rings. The number of carbonyl (C=O) groups is 3. The Labute approximate surface area is 125 Å². The highest BCUT2D eigenvalue weighted by atomic mass is 19.1. The number of amides is 2. The van der Waals surface area contributed by atoms with Gasteiger partial charge in [-0.05, 0) is 24.3 Å². The fourth-order valence-electron chi connectivity index (χ4n) is 2.44. The van der Waals surface area contributed by atoms with Crippen LogP contribution < -0.4 is 11.1 Å². The Kier molecular flexibility index (Phi) is 4.71. The van der Waals surface area contributed by atoms with Crippen LogP contribution in [0.4, 0.5) is 4.39 Å². The van der Waals surface area contributed by atoms with E-state index in [1.54, 1.807) is 0 Å². The predicted octanol–water partition coefficient (Wildman–Crippen LogP) is -0.432. The molecule has 0 aromatic heterocycles.